The van der Waals surface area contributed by atoms with Crippen molar-refractivity contribution in [1.82, 2.24) is 5.32 Å². The fourth-order valence-corrected chi connectivity index (χ4v) is 1.42. The van der Waals surface area contributed by atoms with Gasteiger partial charge in [0.05, 0.1) is 6.61 Å². The first-order chi connectivity index (χ1) is 8.69. The molecule has 18 heavy (non-hydrogen) atoms. The van der Waals surface area contributed by atoms with Gasteiger partial charge in [-0.15, -0.1) is 0 Å². The Morgan fingerprint density at radius 2 is 2.33 bits per heavy atom. The summed E-state index contributed by atoms with van der Waals surface area (Å²) in [4.78, 5) is 0. The van der Waals surface area contributed by atoms with Crippen molar-refractivity contribution in [2.75, 3.05) is 19.8 Å². The number of hydrogen-bond donors (Lipinski definition) is 3. The van der Waals surface area contributed by atoms with Crippen LogP contribution in [0.5, 0.6) is 0 Å². The van der Waals surface area contributed by atoms with E-state index in [-0.39, 0.29) is 11.7 Å². The van der Waals surface area contributed by atoms with Gasteiger partial charge in [-0.1, -0.05) is 17.3 Å². The van der Waals surface area contributed by atoms with Crippen LogP contribution in [0.4, 0.5) is 4.39 Å². The molecular formula is C12H18FN3O2. The van der Waals surface area contributed by atoms with E-state index in [1.165, 1.54) is 6.07 Å². The van der Waals surface area contributed by atoms with Crippen LogP contribution in [0.15, 0.2) is 23.4 Å². The van der Waals surface area contributed by atoms with E-state index >= 15 is 0 Å². The molecule has 0 fully saturated rings. The molecule has 0 aliphatic heterocycles. The van der Waals surface area contributed by atoms with E-state index in [2.05, 4.69) is 10.5 Å². The molecule has 1 aromatic carbocycles. The number of nitrogens with zero attached hydrogens (tertiary/aromatic N) is 1. The van der Waals surface area contributed by atoms with Gasteiger partial charge in [0.2, 0.25) is 0 Å². The van der Waals surface area contributed by atoms with E-state index in [4.69, 9.17) is 15.7 Å². The molecule has 5 nitrogen and oxygen atoms in total. The summed E-state index contributed by atoms with van der Waals surface area (Å²) in [5.41, 5.74) is 6.25. The third kappa shape index (κ3) is 4.31. The molecule has 0 heterocycles. The lowest BCUT2D eigenvalue weighted by atomic mass is 10.1. The van der Waals surface area contributed by atoms with Crippen molar-refractivity contribution < 1.29 is 14.3 Å². The summed E-state index contributed by atoms with van der Waals surface area (Å²) in [5, 5.41) is 14.4. The highest BCUT2D eigenvalue weighted by Crippen LogP contribution is 2.10. The van der Waals surface area contributed by atoms with Crippen molar-refractivity contribution in [3.63, 3.8) is 0 Å². The highest BCUT2D eigenvalue weighted by molar-refractivity contribution is 5.97. The van der Waals surface area contributed by atoms with Gasteiger partial charge >= 0.3 is 0 Å². The molecule has 0 spiro atoms. The topological polar surface area (TPSA) is 79.9 Å². The van der Waals surface area contributed by atoms with Crippen LogP contribution in [0, 0.1) is 5.82 Å². The van der Waals surface area contributed by atoms with Crippen molar-refractivity contribution in [3.8, 4) is 0 Å². The first-order valence-electron chi connectivity index (χ1n) is 5.73. The van der Waals surface area contributed by atoms with Gasteiger partial charge in [0.15, 0.2) is 5.84 Å². The van der Waals surface area contributed by atoms with Crippen LogP contribution in [-0.2, 0) is 11.3 Å². The van der Waals surface area contributed by atoms with E-state index in [1.807, 2.05) is 6.92 Å². The predicted octanol–water partition coefficient (Wildman–Crippen LogP) is 1.05. The molecule has 1 aromatic rings. The Morgan fingerprint density at radius 1 is 1.56 bits per heavy atom. The molecule has 0 aliphatic carbocycles. The molecule has 0 bridgehead atoms. The zero-order chi connectivity index (χ0) is 13.4. The van der Waals surface area contributed by atoms with E-state index in [9.17, 15) is 4.39 Å². The Bertz CT molecular complexity index is 410. The summed E-state index contributed by atoms with van der Waals surface area (Å²) < 4.78 is 18.8. The summed E-state index contributed by atoms with van der Waals surface area (Å²) in [5.74, 6) is -0.493. The number of benzene rings is 1. The lowest BCUT2D eigenvalue weighted by Gasteiger charge is -2.07. The average Bonchev–Trinajstić information content (AvgIpc) is 2.39. The smallest absolute Gasteiger partial charge is 0.170 e. The molecular weight excluding hydrogens is 237 g/mol. The number of rotatable bonds is 7. The number of nitrogens with one attached hydrogen (secondary N) is 1. The minimum absolute atomic E-state index is 0.107. The molecule has 0 radical (unpaired) electrons. The van der Waals surface area contributed by atoms with Gasteiger partial charge in [-0.05, 0) is 13.0 Å². The van der Waals surface area contributed by atoms with Gasteiger partial charge in [0.25, 0.3) is 0 Å². The monoisotopic (exact) mass is 255 g/mol. The second-order valence-corrected chi connectivity index (χ2v) is 3.67. The zero-order valence-corrected chi connectivity index (χ0v) is 10.3. The summed E-state index contributed by atoms with van der Waals surface area (Å²) in [6.07, 6.45) is 0. The highest BCUT2D eigenvalue weighted by atomic mass is 19.1. The number of hydrogen-bond acceptors (Lipinski definition) is 4. The number of amidine groups is 1. The van der Waals surface area contributed by atoms with Gasteiger partial charge < -0.3 is 21.0 Å². The molecule has 6 heteroatoms. The van der Waals surface area contributed by atoms with Gasteiger partial charge in [0.1, 0.15) is 5.82 Å². The van der Waals surface area contributed by atoms with Crippen LogP contribution in [0.3, 0.4) is 0 Å². The van der Waals surface area contributed by atoms with Crippen molar-refractivity contribution in [3.05, 3.63) is 35.1 Å². The second-order valence-electron chi connectivity index (χ2n) is 3.67. The van der Waals surface area contributed by atoms with Crippen LogP contribution >= 0.6 is 0 Å². The largest absolute Gasteiger partial charge is 0.409 e. The average molecular weight is 255 g/mol. The van der Waals surface area contributed by atoms with Crippen molar-refractivity contribution in [2.24, 2.45) is 10.9 Å². The number of ether oxygens (including phenoxy) is 1. The van der Waals surface area contributed by atoms with Gasteiger partial charge in [-0.2, -0.15) is 0 Å². The minimum Gasteiger partial charge on any atom is -0.409 e. The molecule has 1 rings (SSSR count). The van der Waals surface area contributed by atoms with Gasteiger partial charge in [0, 0.05) is 30.8 Å². The first-order valence-corrected chi connectivity index (χ1v) is 5.73. The SMILES string of the molecule is CCOCCNCc1ccc(C(N)=NO)cc1F. The Hall–Kier alpha value is -1.66. The lowest BCUT2D eigenvalue weighted by molar-refractivity contribution is 0.149. The highest BCUT2D eigenvalue weighted by Gasteiger charge is 2.05. The third-order valence-electron chi connectivity index (χ3n) is 2.40. The van der Waals surface area contributed by atoms with E-state index in [1.54, 1.807) is 12.1 Å². The molecule has 100 valence electrons. The molecule has 0 unspecified atom stereocenters. The second kappa shape index (κ2) is 7.62. The summed E-state index contributed by atoms with van der Waals surface area (Å²) in [7, 11) is 0. The third-order valence-corrected chi connectivity index (χ3v) is 2.40. The normalized spacial score (nSPS) is 11.8. The maximum atomic E-state index is 13.7. The number of nitrogens with two attached hydrogens (primary N) is 1. The fourth-order valence-electron chi connectivity index (χ4n) is 1.42. The molecule has 4 N–H and O–H groups in total. The van der Waals surface area contributed by atoms with Crippen LogP contribution in [-0.4, -0.2) is 30.8 Å². The van der Waals surface area contributed by atoms with E-state index in [0.717, 1.165) is 0 Å². The van der Waals surface area contributed by atoms with E-state index in [0.29, 0.717) is 37.4 Å². The molecule has 0 atom stereocenters. The van der Waals surface area contributed by atoms with Crippen LogP contribution in [0.25, 0.3) is 0 Å². The maximum absolute atomic E-state index is 13.7. The summed E-state index contributed by atoms with van der Waals surface area (Å²) >= 11 is 0. The van der Waals surface area contributed by atoms with Crippen molar-refractivity contribution >= 4 is 5.84 Å². The van der Waals surface area contributed by atoms with Crippen LogP contribution in [0.1, 0.15) is 18.1 Å². The predicted molar refractivity (Wildman–Crippen MR) is 67.1 cm³/mol. The zero-order valence-electron chi connectivity index (χ0n) is 10.3. The summed E-state index contributed by atoms with van der Waals surface area (Å²) in [6.45, 7) is 4.26. The molecule has 0 saturated heterocycles. The van der Waals surface area contributed by atoms with Crippen molar-refractivity contribution in [1.29, 1.82) is 0 Å². The standard InChI is InChI=1S/C12H18FN3O2/c1-2-18-6-5-15-8-10-4-3-9(7-11(10)13)12(14)16-17/h3-4,7,15,17H,2,5-6,8H2,1H3,(H2,14,16). The van der Waals surface area contributed by atoms with E-state index < -0.39 is 0 Å². The van der Waals surface area contributed by atoms with Gasteiger partial charge in [-0.3, -0.25) is 0 Å². The Morgan fingerprint density at radius 3 is 2.94 bits per heavy atom. The Labute approximate surface area is 105 Å². The maximum Gasteiger partial charge on any atom is 0.170 e. The minimum atomic E-state index is -0.386. The molecule has 0 amide bonds. The van der Waals surface area contributed by atoms with Gasteiger partial charge in [-0.25, -0.2) is 4.39 Å². The molecule has 0 aromatic heterocycles. The quantitative estimate of drug-likeness (QED) is 0.224. The lowest BCUT2D eigenvalue weighted by Crippen LogP contribution is -2.20. The molecule has 0 saturated carbocycles. The number of halogens is 1. The Kier molecular flexibility index (Phi) is 6.10. The van der Waals surface area contributed by atoms with Crippen LogP contribution < -0.4 is 11.1 Å². The summed E-state index contributed by atoms with van der Waals surface area (Å²) in [6, 6.07) is 4.46. The fraction of sp³-hybridized carbons (Fsp3) is 0.417. The molecule has 0 aliphatic rings. The number of oxime groups is 1. The first kappa shape index (κ1) is 14.4. The Balaban J connectivity index is 2.52. The van der Waals surface area contributed by atoms with Crippen molar-refractivity contribution in [2.45, 2.75) is 13.5 Å². The van der Waals surface area contributed by atoms with Crippen LogP contribution in [0.2, 0.25) is 0 Å².